The number of carbonyl (C=O) groups excluding carboxylic acids is 2. The molecule has 3 N–H and O–H groups in total. The van der Waals surface area contributed by atoms with Crippen molar-refractivity contribution < 1.29 is 9.59 Å². The number of nitrogens with zero attached hydrogens (tertiary/aromatic N) is 1. The zero-order chi connectivity index (χ0) is 14.4. The summed E-state index contributed by atoms with van der Waals surface area (Å²) in [5.41, 5.74) is 0. The molecule has 6 nitrogen and oxygen atoms in total. The van der Waals surface area contributed by atoms with Gasteiger partial charge in [0, 0.05) is 12.8 Å². The second-order valence-electron chi connectivity index (χ2n) is 4.89. The summed E-state index contributed by atoms with van der Waals surface area (Å²) in [6, 6.07) is -0.915. The molecule has 0 aromatic carbocycles. The van der Waals surface area contributed by atoms with Crippen LogP contribution in [0.15, 0.2) is 0 Å². The van der Waals surface area contributed by atoms with Crippen molar-refractivity contribution >= 4 is 18.0 Å². The van der Waals surface area contributed by atoms with Gasteiger partial charge < -0.3 is 20.9 Å². The van der Waals surface area contributed by atoms with Crippen molar-refractivity contribution in [2.45, 2.75) is 51.2 Å². The molecule has 1 fully saturated rings. The van der Waals surface area contributed by atoms with Gasteiger partial charge in [-0.05, 0) is 33.2 Å². The van der Waals surface area contributed by atoms with Crippen molar-refractivity contribution in [1.82, 2.24) is 15.5 Å². The molecule has 108 valence electrons. The lowest BCUT2D eigenvalue weighted by Gasteiger charge is -2.27. The molecule has 0 aromatic heterocycles. The van der Waals surface area contributed by atoms with Gasteiger partial charge in [-0.25, -0.2) is 0 Å². The van der Waals surface area contributed by atoms with E-state index in [1.165, 1.54) is 6.21 Å². The summed E-state index contributed by atoms with van der Waals surface area (Å²) in [5, 5.41) is 12.9. The summed E-state index contributed by atoms with van der Waals surface area (Å²) in [6.45, 7) is 4.34. The number of nitrogens with one attached hydrogen (secondary N) is 3. The fourth-order valence-electron chi connectivity index (χ4n) is 2.22. The molecule has 0 spiro atoms. The van der Waals surface area contributed by atoms with E-state index in [-0.39, 0.29) is 23.9 Å². The molecule has 1 saturated heterocycles. The van der Waals surface area contributed by atoms with Gasteiger partial charge in [0.2, 0.25) is 11.8 Å². The van der Waals surface area contributed by atoms with Gasteiger partial charge in [0.05, 0.1) is 12.1 Å². The minimum atomic E-state index is -0.391. The van der Waals surface area contributed by atoms with Gasteiger partial charge in [-0.15, -0.1) is 0 Å². The zero-order valence-electron chi connectivity index (χ0n) is 11.9. The van der Waals surface area contributed by atoms with Crippen molar-refractivity contribution in [2.75, 3.05) is 13.6 Å². The molecule has 0 aliphatic carbocycles. The van der Waals surface area contributed by atoms with E-state index in [9.17, 15) is 9.59 Å². The Balaban J connectivity index is 2.68. The Labute approximate surface area is 114 Å². The van der Waals surface area contributed by atoms with Crippen molar-refractivity contribution in [3.8, 4) is 0 Å². The first-order valence-electron chi connectivity index (χ1n) is 6.83. The Morgan fingerprint density at radius 3 is 2.74 bits per heavy atom. The number of hydrogen-bond donors (Lipinski definition) is 3. The Bertz CT molecular complexity index is 346. The van der Waals surface area contributed by atoms with E-state index in [4.69, 9.17) is 5.41 Å². The lowest BCUT2D eigenvalue weighted by Crippen LogP contribution is -2.52. The van der Waals surface area contributed by atoms with E-state index in [1.54, 1.807) is 18.9 Å². The minimum Gasteiger partial charge on any atom is -0.347 e. The molecule has 0 bridgehead atoms. The van der Waals surface area contributed by atoms with Gasteiger partial charge in [0.15, 0.2) is 0 Å². The van der Waals surface area contributed by atoms with Crippen LogP contribution in [0.3, 0.4) is 0 Å². The smallest absolute Gasteiger partial charge is 0.243 e. The van der Waals surface area contributed by atoms with Crippen LogP contribution in [0.2, 0.25) is 0 Å². The summed E-state index contributed by atoms with van der Waals surface area (Å²) in [7, 11) is 1.73. The van der Waals surface area contributed by atoms with Gasteiger partial charge >= 0.3 is 0 Å². The monoisotopic (exact) mass is 268 g/mol. The Morgan fingerprint density at radius 1 is 1.53 bits per heavy atom. The normalized spacial score (nSPS) is 21.8. The molecule has 1 rings (SSSR count). The van der Waals surface area contributed by atoms with Crippen LogP contribution >= 0.6 is 0 Å². The first kappa shape index (κ1) is 15.6. The maximum absolute atomic E-state index is 12.2. The zero-order valence-corrected chi connectivity index (χ0v) is 11.9. The van der Waals surface area contributed by atoms with Crippen molar-refractivity contribution in [1.29, 1.82) is 5.41 Å². The highest BCUT2D eigenvalue weighted by Gasteiger charge is 2.35. The minimum absolute atomic E-state index is 0.0388. The number of likely N-dealkylation sites (tertiary alicyclic amines) is 1. The molecule has 6 heteroatoms. The second-order valence-corrected chi connectivity index (χ2v) is 4.89. The van der Waals surface area contributed by atoms with Crippen molar-refractivity contribution in [3.05, 3.63) is 0 Å². The van der Waals surface area contributed by atoms with Gasteiger partial charge in [0.25, 0.3) is 0 Å². The average molecular weight is 268 g/mol. The van der Waals surface area contributed by atoms with Gasteiger partial charge in [-0.1, -0.05) is 6.92 Å². The molecule has 0 aromatic rings. The predicted octanol–water partition coefficient (Wildman–Crippen LogP) is 0.130. The molecule has 1 aliphatic rings. The van der Waals surface area contributed by atoms with E-state index in [2.05, 4.69) is 10.6 Å². The molecule has 19 heavy (non-hydrogen) atoms. The van der Waals surface area contributed by atoms with Crippen LogP contribution in [0.25, 0.3) is 0 Å². The number of carbonyl (C=O) groups is 2. The van der Waals surface area contributed by atoms with Crippen LogP contribution in [-0.4, -0.2) is 54.6 Å². The molecular weight excluding hydrogens is 244 g/mol. The van der Waals surface area contributed by atoms with E-state index < -0.39 is 6.04 Å². The third-order valence-corrected chi connectivity index (χ3v) is 3.61. The number of rotatable bonds is 6. The predicted molar refractivity (Wildman–Crippen MR) is 74.3 cm³/mol. The maximum Gasteiger partial charge on any atom is 0.243 e. The van der Waals surface area contributed by atoms with Gasteiger partial charge in [-0.2, -0.15) is 0 Å². The summed E-state index contributed by atoms with van der Waals surface area (Å²) in [5.74, 6) is -0.187. The summed E-state index contributed by atoms with van der Waals surface area (Å²) < 4.78 is 0. The lowest BCUT2D eigenvalue weighted by atomic mass is 10.1. The lowest BCUT2D eigenvalue weighted by molar-refractivity contribution is -0.139. The second kappa shape index (κ2) is 7.23. The topological polar surface area (TPSA) is 85.3 Å². The van der Waals surface area contributed by atoms with Gasteiger partial charge in [-0.3, -0.25) is 9.59 Å². The maximum atomic E-state index is 12.2. The fourth-order valence-corrected chi connectivity index (χ4v) is 2.22. The Kier molecular flexibility index (Phi) is 5.95. The van der Waals surface area contributed by atoms with Crippen LogP contribution in [0.4, 0.5) is 0 Å². The first-order chi connectivity index (χ1) is 9.04. The molecule has 1 heterocycles. The highest BCUT2D eigenvalue weighted by atomic mass is 16.2. The standard InChI is InChI=1S/C13H24N4O2/c1-4-10(8-14)16-12(18)11-6-5-7-17(11)13(19)9(2)15-3/h8-11,14-15H,4-7H2,1-3H3,(H,16,18)/t9-,10-,11-/m0/s1. The van der Waals surface area contributed by atoms with Crippen molar-refractivity contribution in [3.63, 3.8) is 0 Å². The van der Waals surface area contributed by atoms with Crippen LogP contribution < -0.4 is 10.6 Å². The summed E-state index contributed by atoms with van der Waals surface area (Å²) in [6.07, 6.45) is 3.46. The molecule has 0 saturated carbocycles. The van der Waals surface area contributed by atoms with Crippen molar-refractivity contribution in [2.24, 2.45) is 0 Å². The highest BCUT2D eigenvalue weighted by molar-refractivity contribution is 5.91. The van der Waals surface area contributed by atoms with Crippen LogP contribution in [0.1, 0.15) is 33.1 Å². The number of amides is 2. The largest absolute Gasteiger partial charge is 0.347 e. The third kappa shape index (κ3) is 3.76. The van der Waals surface area contributed by atoms with Crippen LogP contribution in [0, 0.1) is 5.41 Å². The van der Waals surface area contributed by atoms with E-state index in [1.807, 2.05) is 6.92 Å². The fraction of sp³-hybridized carbons (Fsp3) is 0.769. The molecule has 1 aliphatic heterocycles. The average Bonchev–Trinajstić information content (AvgIpc) is 2.92. The summed E-state index contributed by atoms with van der Waals surface area (Å²) >= 11 is 0. The number of hydrogen-bond acceptors (Lipinski definition) is 4. The summed E-state index contributed by atoms with van der Waals surface area (Å²) in [4.78, 5) is 26.0. The highest BCUT2D eigenvalue weighted by Crippen LogP contribution is 2.18. The van der Waals surface area contributed by atoms with Crippen LogP contribution in [-0.2, 0) is 9.59 Å². The van der Waals surface area contributed by atoms with Crippen LogP contribution in [0.5, 0.6) is 0 Å². The van der Waals surface area contributed by atoms with Gasteiger partial charge in [0.1, 0.15) is 6.04 Å². The molecule has 0 radical (unpaired) electrons. The third-order valence-electron chi connectivity index (χ3n) is 3.61. The SMILES string of the molecule is CC[C@@H](C=N)NC(=O)[C@@H]1CCCN1C(=O)[C@H](C)NC. The molecule has 0 unspecified atom stereocenters. The molecule has 2 amide bonds. The first-order valence-corrected chi connectivity index (χ1v) is 6.83. The quantitative estimate of drug-likeness (QED) is 0.599. The Morgan fingerprint density at radius 2 is 2.21 bits per heavy atom. The van der Waals surface area contributed by atoms with E-state index in [0.29, 0.717) is 19.4 Å². The molecule has 3 atom stereocenters. The molecular formula is C13H24N4O2. The van der Waals surface area contributed by atoms with E-state index in [0.717, 1.165) is 6.42 Å². The Hall–Kier alpha value is -1.43. The number of likely N-dealkylation sites (N-methyl/N-ethyl adjacent to an activating group) is 1. The van der Waals surface area contributed by atoms with E-state index >= 15 is 0 Å².